The zero-order valence-electron chi connectivity index (χ0n) is 14.6. The maximum atomic E-state index is 12.1. The van der Waals surface area contributed by atoms with Gasteiger partial charge in [-0.15, -0.1) is 0 Å². The van der Waals surface area contributed by atoms with Gasteiger partial charge in [-0.25, -0.2) is 4.79 Å². The van der Waals surface area contributed by atoms with E-state index in [9.17, 15) is 14.7 Å². The van der Waals surface area contributed by atoms with E-state index in [2.05, 4.69) is 5.32 Å². The molecule has 2 atom stereocenters. The molecule has 0 spiro atoms. The van der Waals surface area contributed by atoms with Crippen LogP contribution in [-0.4, -0.2) is 36.2 Å². The SMILES string of the molecule is COC(=O)[C@@H](Cc1c(C)cccc1C)NC(=O)[C@@H](O)CC(C)C. The van der Waals surface area contributed by atoms with Crippen molar-refractivity contribution in [1.29, 1.82) is 0 Å². The number of hydrogen-bond acceptors (Lipinski definition) is 4. The van der Waals surface area contributed by atoms with Crippen molar-refractivity contribution >= 4 is 11.9 Å². The van der Waals surface area contributed by atoms with Crippen molar-refractivity contribution in [3.63, 3.8) is 0 Å². The largest absolute Gasteiger partial charge is 0.467 e. The molecule has 0 bridgehead atoms. The Balaban J connectivity index is 2.89. The molecular weight excluding hydrogens is 294 g/mol. The molecule has 1 rings (SSSR count). The topological polar surface area (TPSA) is 75.6 Å². The van der Waals surface area contributed by atoms with E-state index in [0.29, 0.717) is 12.8 Å². The number of methoxy groups -OCH3 is 1. The molecule has 23 heavy (non-hydrogen) atoms. The number of rotatable bonds is 7. The van der Waals surface area contributed by atoms with Gasteiger partial charge in [-0.05, 0) is 42.9 Å². The van der Waals surface area contributed by atoms with E-state index in [1.807, 2.05) is 45.9 Å². The molecule has 0 saturated heterocycles. The van der Waals surface area contributed by atoms with Gasteiger partial charge in [-0.1, -0.05) is 32.0 Å². The first-order valence-electron chi connectivity index (χ1n) is 7.87. The Kier molecular flexibility index (Phi) is 7.23. The van der Waals surface area contributed by atoms with Gasteiger partial charge in [0, 0.05) is 6.42 Å². The highest BCUT2D eigenvalue weighted by Crippen LogP contribution is 2.16. The van der Waals surface area contributed by atoms with Crippen LogP contribution in [0.25, 0.3) is 0 Å². The van der Waals surface area contributed by atoms with Crippen LogP contribution < -0.4 is 5.32 Å². The third kappa shape index (κ3) is 5.67. The lowest BCUT2D eigenvalue weighted by molar-refractivity contribution is -0.146. The lowest BCUT2D eigenvalue weighted by Gasteiger charge is -2.21. The second-order valence-electron chi connectivity index (χ2n) is 6.30. The number of carbonyl (C=O) groups is 2. The van der Waals surface area contributed by atoms with E-state index in [1.165, 1.54) is 7.11 Å². The molecule has 128 valence electrons. The highest BCUT2D eigenvalue weighted by atomic mass is 16.5. The molecule has 0 unspecified atom stereocenters. The van der Waals surface area contributed by atoms with Gasteiger partial charge in [0.2, 0.25) is 5.91 Å². The lowest BCUT2D eigenvalue weighted by atomic mass is 9.96. The van der Waals surface area contributed by atoms with E-state index in [1.54, 1.807) is 0 Å². The van der Waals surface area contributed by atoms with Crippen molar-refractivity contribution in [1.82, 2.24) is 5.32 Å². The number of aryl methyl sites for hydroxylation is 2. The quantitative estimate of drug-likeness (QED) is 0.752. The summed E-state index contributed by atoms with van der Waals surface area (Å²) >= 11 is 0. The molecule has 1 amide bonds. The minimum Gasteiger partial charge on any atom is -0.467 e. The second-order valence-corrected chi connectivity index (χ2v) is 6.30. The van der Waals surface area contributed by atoms with Crippen molar-refractivity contribution in [2.75, 3.05) is 7.11 Å². The molecule has 0 fully saturated rings. The van der Waals surface area contributed by atoms with Gasteiger partial charge < -0.3 is 15.2 Å². The summed E-state index contributed by atoms with van der Waals surface area (Å²) in [5, 5.41) is 12.5. The summed E-state index contributed by atoms with van der Waals surface area (Å²) < 4.78 is 4.79. The predicted molar refractivity (Wildman–Crippen MR) is 89.0 cm³/mol. The number of nitrogens with one attached hydrogen (secondary N) is 1. The first-order valence-corrected chi connectivity index (χ1v) is 7.87. The zero-order valence-corrected chi connectivity index (χ0v) is 14.6. The number of aliphatic hydroxyl groups is 1. The Labute approximate surface area is 138 Å². The van der Waals surface area contributed by atoms with E-state index < -0.39 is 24.0 Å². The summed E-state index contributed by atoms with van der Waals surface area (Å²) in [7, 11) is 1.29. The fourth-order valence-corrected chi connectivity index (χ4v) is 2.53. The maximum absolute atomic E-state index is 12.1. The van der Waals surface area contributed by atoms with Gasteiger partial charge in [0.15, 0.2) is 0 Å². The van der Waals surface area contributed by atoms with E-state index >= 15 is 0 Å². The Morgan fingerprint density at radius 1 is 1.22 bits per heavy atom. The van der Waals surface area contributed by atoms with Crippen LogP contribution in [0.4, 0.5) is 0 Å². The van der Waals surface area contributed by atoms with Crippen LogP contribution in [0, 0.1) is 19.8 Å². The molecule has 5 heteroatoms. The zero-order chi connectivity index (χ0) is 17.6. The number of hydrogen-bond donors (Lipinski definition) is 2. The summed E-state index contributed by atoms with van der Waals surface area (Å²) in [5.74, 6) is -0.871. The summed E-state index contributed by atoms with van der Waals surface area (Å²) in [6.45, 7) is 7.77. The van der Waals surface area contributed by atoms with Crippen LogP contribution in [0.1, 0.15) is 37.0 Å². The highest BCUT2D eigenvalue weighted by molar-refractivity contribution is 5.87. The fraction of sp³-hybridized carbons (Fsp3) is 0.556. The van der Waals surface area contributed by atoms with Crippen LogP contribution in [0.3, 0.4) is 0 Å². The first kappa shape index (κ1) is 19.2. The van der Waals surface area contributed by atoms with E-state index in [4.69, 9.17) is 4.74 Å². The number of benzene rings is 1. The molecule has 0 aliphatic heterocycles. The molecule has 1 aromatic rings. The number of aliphatic hydroxyl groups excluding tert-OH is 1. The Hall–Kier alpha value is -1.88. The van der Waals surface area contributed by atoms with Gasteiger partial charge in [0.1, 0.15) is 12.1 Å². The third-order valence-corrected chi connectivity index (χ3v) is 3.85. The number of ether oxygens (including phenoxy) is 1. The molecule has 0 aromatic heterocycles. The van der Waals surface area contributed by atoms with Gasteiger partial charge in [0.25, 0.3) is 0 Å². The van der Waals surface area contributed by atoms with Crippen LogP contribution >= 0.6 is 0 Å². The average molecular weight is 321 g/mol. The van der Waals surface area contributed by atoms with Gasteiger partial charge >= 0.3 is 5.97 Å². The van der Waals surface area contributed by atoms with Crippen LogP contribution in [0.15, 0.2) is 18.2 Å². The Morgan fingerprint density at radius 3 is 2.26 bits per heavy atom. The van der Waals surface area contributed by atoms with Crippen molar-refractivity contribution in [2.24, 2.45) is 5.92 Å². The molecule has 1 aromatic carbocycles. The molecular formula is C18H27NO4. The lowest BCUT2D eigenvalue weighted by Crippen LogP contribution is -2.47. The first-order chi connectivity index (χ1) is 10.8. The number of amides is 1. The van der Waals surface area contributed by atoms with Crippen molar-refractivity contribution in [3.05, 3.63) is 34.9 Å². The number of esters is 1. The van der Waals surface area contributed by atoms with Crippen LogP contribution in [0.2, 0.25) is 0 Å². The molecule has 0 heterocycles. The normalized spacial score (nSPS) is 13.5. The number of carbonyl (C=O) groups excluding carboxylic acids is 2. The molecule has 0 aliphatic rings. The van der Waals surface area contributed by atoms with Gasteiger partial charge in [0.05, 0.1) is 7.11 Å². The smallest absolute Gasteiger partial charge is 0.328 e. The van der Waals surface area contributed by atoms with Crippen molar-refractivity contribution in [2.45, 2.75) is 52.7 Å². The molecule has 0 saturated carbocycles. The van der Waals surface area contributed by atoms with Gasteiger partial charge in [-0.3, -0.25) is 4.79 Å². The van der Waals surface area contributed by atoms with Crippen molar-refractivity contribution in [3.8, 4) is 0 Å². The van der Waals surface area contributed by atoms with Gasteiger partial charge in [-0.2, -0.15) is 0 Å². The standard InChI is InChI=1S/C18H27NO4/c1-11(2)9-16(20)17(21)19-15(18(22)23-5)10-14-12(3)7-6-8-13(14)4/h6-8,11,15-16,20H,9-10H2,1-5H3,(H,19,21)/t15-,16+/m1/s1. The van der Waals surface area contributed by atoms with Crippen LogP contribution in [0.5, 0.6) is 0 Å². The molecule has 5 nitrogen and oxygen atoms in total. The summed E-state index contributed by atoms with van der Waals surface area (Å²) in [6, 6.07) is 5.07. The monoisotopic (exact) mass is 321 g/mol. The third-order valence-electron chi connectivity index (χ3n) is 3.85. The second kappa shape index (κ2) is 8.67. The molecule has 0 aliphatic carbocycles. The Morgan fingerprint density at radius 2 is 1.78 bits per heavy atom. The van der Waals surface area contributed by atoms with Crippen LogP contribution in [-0.2, 0) is 20.7 Å². The minimum atomic E-state index is -1.12. The maximum Gasteiger partial charge on any atom is 0.328 e. The predicted octanol–water partition coefficient (Wildman–Crippen LogP) is 1.91. The minimum absolute atomic E-state index is 0.186. The average Bonchev–Trinajstić information content (AvgIpc) is 2.48. The highest BCUT2D eigenvalue weighted by Gasteiger charge is 2.26. The molecule has 0 radical (unpaired) electrons. The van der Waals surface area contributed by atoms with E-state index in [-0.39, 0.29) is 5.92 Å². The Bertz CT molecular complexity index is 534. The summed E-state index contributed by atoms with van der Waals surface area (Å²) in [6.07, 6.45) is -0.436. The summed E-state index contributed by atoms with van der Waals surface area (Å²) in [4.78, 5) is 24.1. The van der Waals surface area contributed by atoms with E-state index in [0.717, 1.165) is 16.7 Å². The van der Waals surface area contributed by atoms with Crippen molar-refractivity contribution < 1.29 is 19.4 Å². The summed E-state index contributed by atoms with van der Waals surface area (Å²) in [5.41, 5.74) is 3.10. The molecule has 2 N–H and O–H groups in total. The fourth-order valence-electron chi connectivity index (χ4n) is 2.53.